The monoisotopic (exact) mass is 318 g/mol. The number of rotatable bonds is 4. The first kappa shape index (κ1) is 14.1. The van der Waals surface area contributed by atoms with Crippen molar-refractivity contribution >= 4 is 21.6 Å². The highest BCUT2D eigenvalue weighted by molar-refractivity contribution is 9.10. The minimum absolute atomic E-state index is 0.0443. The third-order valence-corrected chi connectivity index (χ3v) is 3.86. The molecule has 0 bridgehead atoms. The molecule has 2 aromatic carbocycles. The van der Waals surface area contributed by atoms with E-state index in [-0.39, 0.29) is 6.04 Å². The topological polar surface area (TPSA) is 29.3 Å². The maximum absolute atomic E-state index is 5.92. The molecule has 2 N–H and O–H groups in total. The van der Waals surface area contributed by atoms with Crippen LogP contribution in [0.5, 0.6) is 0 Å². The van der Waals surface area contributed by atoms with E-state index in [1.165, 1.54) is 11.3 Å². The molecule has 0 aliphatic rings. The third kappa shape index (κ3) is 3.58. The molecular formula is C16H19BrN2. The van der Waals surface area contributed by atoms with Crippen LogP contribution < -0.4 is 10.6 Å². The second-order valence-corrected chi connectivity index (χ2v) is 5.69. The van der Waals surface area contributed by atoms with Crippen molar-refractivity contribution in [2.24, 2.45) is 5.73 Å². The molecule has 0 aliphatic carbocycles. The molecule has 0 aliphatic heterocycles. The van der Waals surface area contributed by atoms with Gasteiger partial charge in [-0.2, -0.15) is 0 Å². The molecule has 1 unspecified atom stereocenters. The lowest BCUT2D eigenvalue weighted by atomic mass is 10.1. The van der Waals surface area contributed by atoms with E-state index in [2.05, 4.69) is 70.3 Å². The zero-order chi connectivity index (χ0) is 13.8. The molecule has 0 saturated heterocycles. The number of anilines is 1. The Bertz CT molecular complexity index is 538. The highest BCUT2D eigenvalue weighted by Crippen LogP contribution is 2.27. The fourth-order valence-corrected chi connectivity index (χ4v) is 2.80. The molecule has 0 saturated carbocycles. The summed E-state index contributed by atoms with van der Waals surface area (Å²) in [5.74, 6) is 0. The molecule has 19 heavy (non-hydrogen) atoms. The third-order valence-electron chi connectivity index (χ3n) is 3.18. The number of halogens is 1. The average molecular weight is 319 g/mol. The summed E-state index contributed by atoms with van der Waals surface area (Å²) in [5.41, 5.74) is 9.54. The molecule has 0 aromatic heterocycles. The van der Waals surface area contributed by atoms with Gasteiger partial charge in [-0.05, 0) is 30.2 Å². The normalized spacial score (nSPS) is 12.2. The van der Waals surface area contributed by atoms with Crippen molar-refractivity contribution in [2.75, 3.05) is 11.9 Å². The van der Waals surface area contributed by atoms with Crippen LogP contribution in [0.25, 0.3) is 0 Å². The Hall–Kier alpha value is -1.32. The van der Waals surface area contributed by atoms with Crippen LogP contribution in [0, 0.1) is 0 Å². The molecule has 2 rings (SSSR count). The van der Waals surface area contributed by atoms with Gasteiger partial charge in [0.05, 0.1) is 0 Å². The molecule has 0 heterocycles. The van der Waals surface area contributed by atoms with Crippen LogP contribution >= 0.6 is 15.9 Å². The molecule has 0 spiro atoms. The first-order valence-corrected chi connectivity index (χ1v) is 7.17. The Morgan fingerprint density at radius 1 is 1.16 bits per heavy atom. The average Bonchev–Trinajstić information content (AvgIpc) is 2.39. The summed E-state index contributed by atoms with van der Waals surface area (Å²) in [6.45, 7) is 2.89. The first-order chi connectivity index (χ1) is 9.08. The van der Waals surface area contributed by atoms with Gasteiger partial charge in [-0.1, -0.05) is 52.3 Å². The van der Waals surface area contributed by atoms with Crippen molar-refractivity contribution in [1.29, 1.82) is 0 Å². The molecule has 0 amide bonds. The molecular weight excluding hydrogens is 300 g/mol. The first-order valence-electron chi connectivity index (χ1n) is 6.38. The number of nitrogens with two attached hydrogens (primary N) is 1. The second kappa shape index (κ2) is 6.22. The molecule has 0 fully saturated rings. The van der Waals surface area contributed by atoms with Gasteiger partial charge in [0.25, 0.3) is 0 Å². The zero-order valence-corrected chi connectivity index (χ0v) is 12.9. The lowest BCUT2D eigenvalue weighted by molar-refractivity contribution is 0.812. The fraction of sp³-hybridized carbons (Fsp3) is 0.250. The number of hydrogen-bond donors (Lipinski definition) is 1. The van der Waals surface area contributed by atoms with E-state index in [4.69, 9.17) is 5.73 Å². The highest BCUT2D eigenvalue weighted by Gasteiger charge is 2.08. The van der Waals surface area contributed by atoms with Crippen LogP contribution in [-0.4, -0.2) is 7.05 Å². The quantitative estimate of drug-likeness (QED) is 0.919. The van der Waals surface area contributed by atoms with Crippen LogP contribution in [0.3, 0.4) is 0 Å². The minimum Gasteiger partial charge on any atom is -0.370 e. The number of benzene rings is 2. The smallest absolute Gasteiger partial charge is 0.0426 e. The van der Waals surface area contributed by atoms with Gasteiger partial charge in [0.2, 0.25) is 0 Å². The molecule has 3 heteroatoms. The van der Waals surface area contributed by atoms with E-state index in [0.29, 0.717) is 0 Å². The lowest BCUT2D eigenvalue weighted by Crippen LogP contribution is -2.16. The molecule has 1 atom stereocenters. The van der Waals surface area contributed by atoms with E-state index in [1.54, 1.807) is 0 Å². The summed E-state index contributed by atoms with van der Waals surface area (Å²) >= 11 is 3.59. The van der Waals surface area contributed by atoms with Gasteiger partial charge in [-0.25, -0.2) is 0 Å². The largest absolute Gasteiger partial charge is 0.370 e. The van der Waals surface area contributed by atoms with Crippen LogP contribution in [-0.2, 0) is 6.54 Å². The van der Waals surface area contributed by atoms with Crippen molar-refractivity contribution in [3.05, 3.63) is 64.1 Å². The summed E-state index contributed by atoms with van der Waals surface area (Å²) in [4.78, 5) is 2.23. The second-order valence-electron chi connectivity index (χ2n) is 4.84. The highest BCUT2D eigenvalue weighted by atomic mass is 79.9. The maximum atomic E-state index is 5.92. The summed E-state index contributed by atoms with van der Waals surface area (Å²) in [7, 11) is 2.10. The zero-order valence-electron chi connectivity index (χ0n) is 11.3. The van der Waals surface area contributed by atoms with Gasteiger partial charge in [0.1, 0.15) is 0 Å². The van der Waals surface area contributed by atoms with E-state index in [0.717, 1.165) is 16.6 Å². The van der Waals surface area contributed by atoms with Gasteiger partial charge in [-0.3, -0.25) is 0 Å². The van der Waals surface area contributed by atoms with E-state index >= 15 is 0 Å². The van der Waals surface area contributed by atoms with Crippen molar-refractivity contribution < 1.29 is 0 Å². The number of hydrogen-bond acceptors (Lipinski definition) is 2. The molecule has 2 aromatic rings. The van der Waals surface area contributed by atoms with E-state index in [1.807, 2.05) is 13.0 Å². The van der Waals surface area contributed by atoms with Crippen LogP contribution in [0.1, 0.15) is 24.1 Å². The van der Waals surface area contributed by atoms with Crippen molar-refractivity contribution in [3.8, 4) is 0 Å². The van der Waals surface area contributed by atoms with Crippen molar-refractivity contribution in [3.63, 3.8) is 0 Å². The van der Waals surface area contributed by atoms with Gasteiger partial charge in [0.15, 0.2) is 0 Å². The number of nitrogens with zero attached hydrogens (tertiary/aromatic N) is 1. The lowest BCUT2D eigenvalue weighted by Gasteiger charge is -2.21. The maximum Gasteiger partial charge on any atom is 0.0426 e. The Balaban J connectivity index is 2.16. The molecule has 0 radical (unpaired) electrons. The Kier molecular flexibility index (Phi) is 4.61. The Morgan fingerprint density at radius 3 is 2.42 bits per heavy atom. The molecule has 100 valence electrons. The predicted octanol–water partition coefficient (Wildman–Crippen LogP) is 4.11. The predicted molar refractivity (Wildman–Crippen MR) is 85.3 cm³/mol. The fourth-order valence-electron chi connectivity index (χ4n) is 2.07. The van der Waals surface area contributed by atoms with E-state index < -0.39 is 0 Å². The Morgan fingerprint density at radius 2 is 1.84 bits per heavy atom. The SMILES string of the molecule is CC(N)c1ccc(N(C)Cc2ccccc2)cc1Br. The van der Waals surface area contributed by atoms with Gasteiger partial charge in [-0.15, -0.1) is 0 Å². The van der Waals surface area contributed by atoms with Crippen LogP contribution in [0.4, 0.5) is 5.69 Å². The summed E-state index contributed by atoms with van der Waals surface area (Å²) in [6, 6.07) is 16.8. The van der Waals surface area contributed by atoms with Gasteiger partial charge in [0, 0.05) is 29.8 Å². The van der Waals surface area contributed by atoms with Crippen molar-refractivity contribution in [1.82, 2.24) is 0 Å². The van der Waals surface area contributed by atoms with Crippen LogP contribution in [0.15, 0.2) is 53.0 Å². The van der Waals surface area contributed by atoms with Crippen molar-refractivity contribution in [2.45, 2.75) is 19.5 Å². The van der Waals surface area contributed by atoms with Crippen LogP contribution in [0.2, 0.25) is 0 Å². The van der Waals surface area contributed by atoms with Gasteiger partial charge >= 0.3 is 0 Å². The summed E-state index contributed by atoms with van der Waals surface area (Å²) < 4.78 is 1.07. The Labute approximate surface area is 123 Å². The molecule has 2 nitrogen and oxygen atoms in total. The standard InChI is InChI=1S/C16H19BrN2/c1-12(18)15-9-8-14(10-16(15)17)19(2)11-13-6-4-3-5-7-13/h3-10,12H,11,18H2,1-2H3. The minimum atomic E-state index is 0.0443. The summed E-state index contributed by atoms with van der Waals surface area (Å²) in [6.07, 6.45) is 0. The van der Waals surface area contributed by atoms with E-state index in [9.17, 15) is 0 Å². The summed E-state index contributed by atoms with van der Waals surface area (Å²) in [5, 5.41) is 0. The van der Waals surface area contributed by atoms with Gasteiger partial charge < -0.3 is 10.6 Å².